The second-order valence-electron chi connectivity index (χ2n) is 4.44. The highest BCUT2D eigenvalue weighted by molar-refractivity contribution is 6.06. The summed E-state index contributed by atoms with van der Waals surface area (Å²) in [7, 11) is 1.25. The third kappa shape index (κ3) is 3.30. The monoisotopic (exact) mass is 279 g/mol. The van der Waals surface area contributed by atoms with Crippen LogP contribution in [0.25, 0.3) is 0 Å². The highest BCUT2D eigenvalue weighted by Crippen LogP contribution is 2.14. The molecule has 0 bridgehead atoms. The van der Waals surface area contributed by atoms with Gasteiger partial charge in [0.25, 0.3) is 0 Å². The molecule has 0 aromatic carbocycles. The van der Waals surface area contributed by atoms with Gasteiger partial charge in [-0.3, -0.25) is 9.59 Å². The van der Waals surface area contributed by atoms with Crippen LogP contribution in [0.15, 0.2) is 6.20 Å². The maximum atomic E-state index is 11.9. The van der Waals surface area contributed by atoms with Crippen molar-refractivity contribution >= 4 is 17.7 Å². The lowest BCUT2D eigenvalue weighted by molar-refractivity contribution is -0.139. The van der Waals surface area contributed by atoms with Gasteiger partial charge in [-0.2, -0.15) is 0 Å². The molecule has 0 N–H and O–H groups in total. The first kappa shape index (κ1) is 14.4. The smallest absolute Gasteiger partial charge is 0.313 e. The summed E-state index contributed by atoms with van der Waals surface area (Å²) in [6.45, 7) is 4.48. The highest BCUT2D eigenvalue weighted by atomic mass is 16.5. The lowest BCUT2D eigenvalue weighted by atomic mass is 10.1. The number of hydrogen-bond donors (Lipinski definition) is 0. The quantitative estimate of drug-likeness (QED) is 0.447. The van der Waals surface area contributed by atoms with E-state index in [0.29, 0.717) is 30.4 Å². The Labute approximate surface area is 116 Å². The highest BCUT2D eigenvalue weighted by Gasteiger charge is 2.19. The van der Waals surface area contributed by atoms with E-state index < -0.39 is 5.97 Å². The number of ketones is 1. The molecule has 2 rings (SSSR count). The van der Waals surface area contributed by atoms with Gasteiger partial charge in [0.1, 0.15) is 6.42 Å². The van der Waals surface area contributed by atoms with E-state index in [0.717, 1.165) is 13.1 Å². The zero-order valence-electron chi connectivity index (χ0n) is 11.6. The molecule has 1 fully saturated rings. The van der Waals surface area contributed by atoms with Gasteiger partial charge in [0, 0.05) is 19.3 Å². The first-order chi connectivity index (χ1) is 9.61. The van der Waals surface area contributed by atoms with Crippen molar-refractivity contribution in [3.63, 3.8) is 0 Å². The standard InChI is InChI=1S/C13H17N3O4/c1-9-10(11(17)7-12(18)19-2)8-14-13(15-9)16-3-5-20-6-4-16/h8H,3-7H2,1-2H3. The minimum atomic E-state index is -0.563. The molecule has 7 nitrogen and oxygen atoms in total. The molecule has 0 atom stereocenters. The van der Waals surface area contributed by atoms with E-state index in [1.54, 1.807) is 6.92 Å². The Balaban J connectivity index is 2.12. The molecule has 1 aromatic rings. The second-order valence-corrected chi connectivity index (χ2v) is 4.44. The number of carbonyl (C=O) groups excluding carboxylic acids is 2. The number of morpholine rings is 1. The van der Waals surface area contributed by atoms with Crippen molar-refractivity contribution in [2.24, 2.45) is 0 Å². The van der Waals surface area contributed by atoms with E-state index in [-0.39, 0.29) is 12.2 Å². The Morgan fingerprint density at radius 1 is 1.40 bits per heavy atom. The molecule has 0 saturated carbocycles. The number of aromatic nitrogens is 2. The molecular formula is C13H17N3O4. The van der Waals surface area contributed by atoms with Gasteiger partial charge in [-0.05, 0) is 6.92 Å². The molecule has 20 heavy (non-hydrogen) atoms. The van der Waals surface area contributed by atoms with E-state index in [9.17, 15) is 9.59 Å². The SMILES string of the molecule is COC(=O)CC(=O)c1cnc(N2CCOCC2)nc1C. The number of aryl methyl sites for hydroxylation is 1. The second kappa shape index (κ2) is 6.42. The van der Waals surface area contributed by atoms with Crippen molar-refractivity contribution in [1.29, 1.82) is 0 Å². The molecule has 0 aliphatic carbocycles. The van der Waals surface area contributed by atoms with E-state index in [1.165, 1.54) is 13.3 Å². The molecule has 1 saturated heterocycles. The van der Waals surface area contributed by atoms with E-state index in [4.69, 9.17) is 4.74 Å². The number of nitrogens with zero attached hydrogens (tertiary/aromatic N) is 3. The summed E-state index contributed by atoms with van der Waals surface area (Å²) in [6.07, 6.45) is 1.18. The van der Waals surface area contributed by atoms with Gasteiger partial charge >= 0.3 is 5.97 Å². The zero-order chi connectivity index (χ0) is 14.5. The predicted molar refractivity (Wildman–Crippen MR) is 70.8 cm³/mol. The van der Waals surface area contributed by atoms with Crippen LogP contribution in [0, 0.1) is 6.92 Å². The van der Waals surface area contributed by atoms with Gasteiger partial charge in [0.05, 0.1) is 31.6 Å². The Morgan fingerprint density at radius 3 is 2.70 bits per heavy atom. The molecule has 7 heteroatoms. The van der Waals surface area contributed by atoms with Gasteiger partial charge < -0.3 is 14.4 Å². The van der Waals surface area contributed by atoms with Crippen LogP contribution in [0.3, 0.4) is 0 Å². The first-order valence-electron chi connectivity index (χ1n) is 6.38. The summed E-state index contributed by atoms with van der Waals surface area (Å²) in [5, 5.41) is 0. The number of ether oxygens (including phenoxy) is 2. The molecule has 0 unspecified atom stereocenters. The van der Waals surface area contributed by atoms with Crippen LogP contribution in [-0.4, -0.2) is 55.1 Å². The molecule has 2 heterocycles. The van der Waals surface area contributed by atoms with Crippen LogP contribution in [-0.2, 0) is 14.3 Å². The van der Waals surface area contributed by atoms with Crippen molar-refractivity contribution in [3.8, 4) is 0 Å². The molecule has 0 amide bonds. The summed E-state index contributed by atoms with van der Waals surface area (Å²) in [6, 6.07) is 0. The number of esters is 1. The van der Waals surface area contributed by atoms with Crippen LogP contribution in [0.2, 0.25) is 0 Å². The van der Waals surface area contributed by atoms with Gasteiger partial charge in [0.2, 0.25) is 5.95 Å². The fourth-order valence-electron chi connectivity index (χ4n) is 1.94. The molecule has 1 aromatic heterocycles. The van der Waals surface area contributed by atoms with Crippen molar-refractivity contribution in [2.75, 3.05) is 38.3 Å². The van der Waals surface area contributed by atoms with Gasteiger partial charge in [-0.1, -0.05) is 0 Å². The maximum Gasteiger partial charge on any atom is 0.313 e. The molecule has 0 radical (unpaired) electrons. The molecule has 0 spiro atoms. The molecule has 1 aliphatic heterocycles. The fourth-order valence-corrected chi connectivity index (χ4v) is 1.94. The average Bonchev–Trinajstić information content (AvgIpc) is 2.47. The molecular weight excluding hydrogens is 262 g/mol. The minimum absolute atomic E-state index is 0.294. The number of anilines is 1. The van der Waals surface area contributed by atoms with Gasteiger partial charge in [0.15, 0.2) is 5.78 Å². The van der Waals surface area contributed by atoms with Crippen LogP contribution in [0.4, 0.5) is 5.95 Å². The largest absolute Gasteiger partial charge is 0.469 e. The Morgan fingerprint density at radius 2 is 2.10 bits per heavy atom. The third-order valence-electron chi connectivity index (χ3n) is 3.09. The fraction of sp³-hybridized carbons (Fsp3) is 0.538. The zero-order valence-corrected chi connectivity index (χ0v) is 11.6. The van der Waals surface area contributed by atoms with Crippen LogP contribution < -0.4 is 4.90 Å². The summed E-state index contributed by atoms with van der Waals surface area (Å²) in [4.78, 5) is 33.6. The number of rotatable bonds is 4. The average molecular weight is 279 g/mol. The Bertz CT molecular complexity index is 512. The van der Waals surface area contributed by atoms with Crippen LogP contribution in [0.1, 0.15) is 22.5 Å². The van der Waals surface area contributed by atoms with E-state index >= 15 is 0 Å². The van der Waals surface area contributed by atoms with Crippen molar-refractivity contribution in [3.05, 3.63) is 17.5 Å². The third-order valence-corrected chi connectivity index (χ3v) is 3.09. The minimum Gasteiger partial charge on any atom is -0.469 e. The topological polar surface area (TPSA) is 81.6 Å². The van der Waals surface area contributed by atoms with Crippen molar-refractivity contribution in [1.82, 2.24) is 9.97 Å². The lowest BCUT2D eigenvalue weighted by Crippen LogP contribution is -2.37. The van der Waals surface area contributed by atoms with Crippen molar-refractivity contribution in [2.45, 2.75) is 13.3 Å². The van der Waals surface area contributed by atoms with Crippen LogP contribution >= 0.6 is 0 Å². The summed E-state index contributed by atoms with van der Waals surface area (Å²) in [5.41, 5.74) is 0.919. The normalized spacial score (nSPS) is 15.0. The maximum absolute atomic E-state index is 11.9. The predicted octanol–water partition coefficient (Wildman–Crippen LogP) is 0.367. The molecule has 108 valence electrons. The summed E-state index contributed by atoms with van der Waals surface area (Å²) in [5.74, 6) is -0.310. The Hall–Kier alpha value is -2.02. The summed E-state index contributed by atoms with van der Waals surface area (Å²) >= 11 is 0. The van der Waals surface area contributed by atoms with Crippen LogP contribution in [0.5, 0.6) is 0 Å². The van der Waals surface area contributed by atoms with Crippen molar-refractivity contribution < 1.29 is 19.1 Å². The first-order valence-corrected chi connectivity index (χ1v) is 6.38. The van der Waals surface area contributed by atoms with Gasteiger partial charge in [-0.25, -0.2) is 9.97 Å². The van der Waals surface area contributed by atoms with Gasteiger partial charge in [-0.15, -0.1) is 0 Å². The summed E-state index contributed by atoms with van der Waals surface area (Å²) < 4.78 is 9.75. The lowest BCUT2D eigenvalue weighted by Gasteiger charge is -2.26. The number of hydrogen-bond acceptors (Lipinski definition) is 7. The van der Waals surface area contributed by atoms with E-state index in [2.05, 4.69) is 14.7 Å². The Kier molecular flexibility index (Phi) is 4.62. The number of Topliss-reactive ketones (excluding diaryl/α,β-unsaturated/α-hetero) is 1. The number of carbonyl (C=O) groups is 2. The molecule has 1 aliphatic rings. The number of methoxy groups -OCH3 is 1. The van der Waals surface area contributed by atoms with E-state index in [1.807, 2.05) is 4.90 Å².